The van der Waals surface area contributed by atoms with Crippen LogP contribution in [0.3, 0.4) is 0 Å². The summed E-state index contributed by atoms with van der Waals surface area (Å²) in [4.78, 5) is 2.60. The average Bonchev–Trinajstić information content (AvgIpc) is 3.27. The zero-order chi connectivity index (χ0) is 14.3. The van der Waals surface area contributed by atoms with Gasteiger partial charge in [0, 0.05) is 30.4 Å². The third kappa shape index (κ3) is 2.58. The second-order valence-corrected chi connectivity index (χ2v) is 7.30. The van der Waals surface area contributed by atoms with E-state index in [4.69, 9.17) is 0 Å². The number of rotatable bonds is 3. The van der Waals surface area contributed by atoms with E-state index in [9.17, 15) is 0 Å². The molecule has 0 radical (unpaired) electrons. The molecule has 110 valence electrons. The van der Waals surface area contributed by atoms with Gasteiger partial charge >= 0.3 is 0 Å². The van der Waals surface area contributed by atoms with Gasteiger partial charge in [-0.05, 0) is 56.2 Å². The quantitative estimate of drug-likeness (QED) is 0.901. The predicted molar refractivity (Wildman–Crippen MR) is 86.5 cm³/mol. The molecule has 1 aromatic rings. The van der Waals surface area contributed by atoms with Crippen LogP contribution in [0.1, 0.15) is 52.0 Å². The first-order valence-electron chi connectivity index (χ1n) is 8.11. The molecule has 20 heavy (non-hydrogen) atoms. The summed E-state index contributed by atoms with van der Waals surface area (Å²) in [5.74, 6) is 1.49. The lowest BCUT2D eigenvalue weighted by atomic mass is 9.90. The first-order chi connectivity index (χ1) is 9.49. The van der Waals surface area contributed by atoms with Gasteiger partial charge in [-0.15, -0.1) is 0 Å². The molecular weight excluding hydrogens is 244 g/mol. The fourth-order valence-electron chi connectivity index (χ4n) is 3.45. The Balaban J connectivity index is 1.79. The molecule has 1 aliphatic carbocycles. The van der Waals surface area contributed by atoms with Crippen LogP contribution in [0.15, 0.2) is 24.3 Å². The van der Waals surface area contributed by atoms with Gasteiger partial charge in [0.1, 0.15) is 0 Å². The molecule has 0 amide bonds. The van der Waals surface area contributed by atoms with Gasteiger partial charge in [-0.2, -0.15) is 0 Å². The molecule has 2 aliphatic rings. The van der Waals surface area contributed by atoms with Gasteiger partial charge in [0.2, 0.25) is 0 Å². The Kier molecular flexibility index (Phi) is 3.53. The van der Waals surface area contributed by atoms with Crippen LogP contribution < -0.4 is 10.2 Å². The molecule has 2 fully saturated rings. The maximum atomic E-state index is 3.79. The smallest absolute Gasteiger partial charge is 0.0387 e. The third-order valence-corrected chi connectivity index (χ3v) is 5.20. The maximum absolute atomic E-state index is 3.79. The highest BCUT2D eigenvalue weighted by molar-refractivity contribution is 5.50. The molecule has 2 unspecified atom stereocenters. The largest absolute Gasteiger partial charge is 0.366 e. The summed E-state index contributed by atoms with van der Waals surface area (Å²) in [6.45, 7) is 11.5. The van der Waals surface area contributed by atoms with Crippen molar-refractivity contribution < 1.29 is 0 Å². The van der Waals surface area contributed by atoms with Gasteiger partial charge in [-0.1, -0.05) is 26.0 Å². The number of anilines is 1. The molecule has 1 saturated carbocycles. The molecule has 1 heterocycles. The summed E-state index contributed by atoms with van der Waals surface area (Å²) in [6, 6.07) is 9.79. The Morgan fingerprint density at radius 3 is 2.40 bits per heavy atom. The zero-order valence-electron chi connectivity index (χ0n) is 13.3. The highest BCUT2D eigenvalue weighted by Crippen LogP contribution is 2.42. The van der Waals surface area contributed by atoms with Crippen LogP contribution in [0, 0.1) is 5.92 Å². The first-order valence-corrected chi connectivity index (χ1v) is 8.11. The van der Waals surface area contributed by atoms with E-state index in [2.05, 4.69) is 62.2 Å². The van der Waals surface area contributed by atoms with E-state index < -0.39 is 0 Å². The minimum Gasteiger partial charge on any atom is -0.366 e. The van der Waals surface area contributed by atoms with E-state index in [1.165, 1.54) is 24.1 Å². The van der Waals surface area contributed by atoms with Crippen molar-refractivity contribution >= 4 is 5.69 Å². The fourth-order valence-corrected chi connectivity index (χ4v) is 3.45. The van der Waals surface area contributed by atoms with Crippen LogP contribution in [0.25, 0.3) is 0 Å². The van der Waals surface area contributed by atoms with E-state index in [0.717, 1.165) is 19.0 Å². The minimum atomic E-state index is 0.309. The Hall–Kier alpha value is -1.02. The number of hydrogen-bond donors (Lipinski definition) is 1. The molecule has 1 aliphatic heterocycles. The topological polar surface area (TPSA) is 15.3 Å². The van der Waals surface area contributed by atoms with E-state index in [1.807, 2.05) is 0 Å². The highest BCUT2D eigenvalue weighted by atomic mass is 15.3. The van der Waals surface area contributed by atoms with Crippen molar-refractivity contribution in [1.29, 1.82) is 0 Å². The van der Waals surface area contributed by atoms with Gasteiger partial charge in [0.15, 0.2) is 0 Å². The maximum Gasteiger partial charge on any atom is 0.0387 e. The third-order valence-electron chi connectivity index (χ3n) is 5.20. The average molecular weight is 272 g/mol. The molecule has 2 nitrogen and oxygen atoms in total. The number of nitrogens with one attached hydrogen (secondary N) is 1. The normalized spacial score (nSPS) is 30.9. The minimum absolute atomic E-state index is 0.309. The van der Waals surface area contributed by atoms with Gasteiger partial charge in [-0.25, -0.2) is 0 Å². The molecule has 1 aromatic carbocycles. The highest BCUT2D eigenvalue weighted by Gasteiger charge is 2.45. The Morgan fingerprint density at radius 1 is 1.20 bits per heavy atom. The second-order valence-electron chi connectivity index (χ2n) is 7.30. The first kappa shape index (κ1) is 13.9. The van der Waals surface area contributed by atoms with Crippen molar-refractivity contribution in [1.82, 2.24) is 5.32 Å². The number of nitrogens with zero attached hydrogens (tertiary/aromatic N) is 1. The molecular formula is C18H28N2. The van der Waals surface area contributed by atoms with Crippen LogP contribution in [-0.4, -0.2) is 24.7 Å². The van der Waals surface area contributed by atoms with Crippen molar-refractivity contribution in [3.63, 3.8) is 0 Å². The van der Waals surface area contributed by atoms with E-state index in [1.54, 1.807) is 0 Å². The van der Waals surface area contributed by atoms with Crippen LogP contribution in [0.2, 0.25) is 0 Å². The van der Waals surface area contributed by atoms with Crippen molar-refractivity contribution in [2.45, 2.75) is 58.0 Å². The molecule has 0 aromatic heterocycles. The molecule has 0 bridgehead atoms. The number of benzene rings is 1. The van der Waals surface area contributed by atoms with Crippen LogP contribution in [0.4, 0.5) is 5.69 Å². The van der Waals surface area contributed by atoms with Gasteiger partial charge in [0.25, 0.3) is 0 Å². The summed E-state index contributed by atoms with van der Waals surface area (Å²) in [6.07, 6.45) is 2.80. The van der Waals surface area contributed by atoms with Crippen molar-refractivity contribution in [3.05, 3.63) is 29.8 Å². The van der Waals surface area contributed by atoms with Crippen LogP contribution in [-0.2, 0) is 0 Å². The molecule has 2 heteroatoms. The predicted octanol–water partition coefficient (Wildman–Crippen LogP) is 3.78. The summed E-state index contributed by atoms with van der Waals surface area (Å²) in [5.41, 5.74) is 3.13. The number of hydrogen-bond acceptors (Lipinski definition) is 2. The molecule has 1 saturated heterocycles. The summed E-state index contributed by atoms with van der Waals surface area (Å²) in [5, 5.41) is 3.79. The van der Waals surface area contributed by atoms with Gasteiger partial charge in [0.05, 0.1) is 0 Å². The SMILES string of the molecule is CC(C)c1ccc(N2CC(C)(C3CC3)NCC2C)cc1. The zero-order valence-corrected chi connectivity index (χ0v) is 13.3. The summed E-state index contributed by atoms with van der Waals surface area (Å²) >= 11 is 0. The molecule has 3 rings (SSSR count). The van der Waals surface area contributed by atoms with Gasteiger partial charge in [-0.3, -0.25) is 0 Å². The van der Waals surface area contributed by atoms with E-state index in [-0.39, 0.29) is 0 Å². The second kappa shape index (κ2) is 5.07. The van der Waals surface area contributed by atoms with Gasteiger partial charge < -0.3 is 10.2 Å². The lowest BCUT2D eigenvalue weighted by Gasteiger charge is -2.47. The molecule has 2 atom stereocenters. The Morgan fingerprint density at radius 2 is 1.85 bits per heavy atom. The van der Waals surface area contributed by atoms with Crippen molar-refractivity contribution in [2.24, 2.45) is 5.92 Å². The molecule has 0 spiro atoms. The summed E-state index contributed by atoms with van der Waals surface area (Å²) < 4.78 is 0. The standard InChI is InChI=1S/C18H28N2/c1-13(2)15-5-9-17(10-6-15)20-12-18(4,16-7-8-16)19-11-14(20)3/h5-6,9-10,13-14,16,19H,7-8,11-12H2,1-4H3. The Labute approximate surface area is 123 Å². The van der Waals surface area contributed by atoms with Crippen LogP contribution in [0.5, 0.6) is 0 Å². The lowest BCUT2D eigenvalue weighted by molar-refractivity contribution is 0.261. The fraction of sp³-hybridized carbons (Fsp3) is 0.667. The lowest BCUT2D eigenvalue weighted by Crippen LogP contribution is -2.63. The number of piperazine rings is 1. The van der Waals surface area contributed by atoms with E-state index in [0.29, 0.717) is 17.5 Å². The Bertz CT molecular complexity index is 461. The van der Waals surface area contributed by atoms with Crippen molar-refractivity contribution in [3.8, 4) is 0 Å². The van der Waals surface area contributed by atoms with Crippen molar-refractivity contribution in [2.75, 3.05) is 18.0 Å². The monoisotopic (exact) mass is 272 g/mol. The molecule has 1 N–H and O–H groups in total. The van der Waals surface area contributed by atoms with E-state index >= 15 is 0 Å². The van der Waals surface area contributed by atoms with Crippen LogP contribution >= 0.6 is 0 Å². The summed E-state index contributed by atoms with van der Waals surface area (Å²) in [7, 11) is 0.